The lowest BCUT2D eigenvalue weighted by Crippen LogP contribution is -2.22. The third kappa shape index (κ3) is 4.26. The van der Waals surface area contributed by atoms with E-state index >= 15 is 0 Å². The number of rotatable bonds is 4. The number of nitrogens with zero attached hydrogens (tertiary/aromatic N) is 2. The van der Waals surface area contributed by atoms with Crippen molar-refractivity contribution in [3.05, 3.63) is 46.9 Å². The van der Waals surface area contributed by atoms with Crippen molar-refractivity contribution >= 4 is 38.9 Å². The van der Waals surface area contributed by atoms with Crippen molar-refractivity contribution in [3.8, 4) is 0 Å². The molecule has 2 aromatic rings. The van der Waals surface area contributed by atoms with Crippen LogP contribution in [-0.2, 0) is 9.84 Å². The minimum Gasteiger partial charge on any atom is -0.366 e. The number of hydrogen-bond donors (Lipinski definition) is 2. The minimum atomic E-state index is -2.99. The Balaban J connectivity index is 1.72. The molecule has 0 saturated carbocycles. The molecule has 132 valence electrons. The number of aromatic nitrogens is 2. The zero-order chi connectivity index (χ0) is 18.0. The highest BCUT2D eigenvalue weighted by Crippen LogP contribution is 2.23. The van der Waals surface area contributed by atoms with Gasteiger partial charge in [-0.15, -0.1) is 0 Å². The maximum absolute atomic E-state index is 12.4. The zero-order valence-corrected chi connectivity index (χ0v) is 15.1. The van der Waals surface area contributed by atoms with Crippen LogP contribution >= 0.6 is 11.6 Å². The molecule has 0 bridgehead atoms. The Morgan fingerprint density at radius 1 is 1.32 bits per heavy atom. The summed E-state index contributed by atoms with van der Waals surface area (Å²) < 4.78 is 23.0. The van der Waals surface area contributed by atoms with E-state index in [1.807, 2.05) is 6.92 Å². The van der Waals surface area contributed by atoms with Crippen molar-refractivity contribution in [1.82, 2.24) is 9.97 Å². The van der Waals surface area contributed by atoms with E-state index in [1.54, 1.807) is 18.2 Å². The summed E-state index contributed by atoms with van der Waals surface area (Å²) in [5.41, 5.74) is 1.55. The van der Waals surface area contributed by atoms with Crippen molar-refractivity contribution in [2.75, 3.05) is 22.1 Å². The molecule has 1 aliphatic rings. The lowest BCUT2D eigenvalue weighted by atomic mass is 10.2. The third-order valence-corrected chi connectivity index (χ3v) is 6.18. The lowest BCUT2D eigenvalue weighted by molar-refractivity contribution is 0.102. The summed E-state index contributed by atoms with van der Waals surface area (Å²) in [6.07, 6.45) is 1.79. The van der Waals surface area contributed by atoms with Gasteiger partial charge < -0.3 is 10.6 Å². The van der Waals surface area contributed by atoms with E-state index in [9.17, 15) is 13.2 Å². The predicted octanol–water partition coefficient (Wildman–Crippen LogP) is 2.29. The second kappa shape index (κ2) is 6.97. The predicted molar refractivity (Wildman–Crippen MR) is 96.9 cm³/mol. The Morgan fingerprint density at radius 2 is 2.12 bits per heavy atom. The van der Waals surface area contributed by atoms with E-state index in [-0.39, 0.29) is 23.2 Å². The number of nitrogens with one attached hydrogen (secondary N) is 2. The first kappa shape index (κ1) is 17.6. The Hall–Kier alpha value is -2.19. The van der Waals surface area contributed by atoms with Gasteiger partial charge in [0.25, 0.3) is 5.91 Å². The summed E-state index contributed by atoms with van der Waals surface area (Å²) in [7, 11) is -2.99. The van der Waals surface area contributed by atoms with Gasteiger partial charge in [0, 0.05) is 22.8 Å². The molecule has 1 saturated heterocycles. The highest BCUT2D eigenvalue weighted by atomic mass is 35.5. The van der Waals surface area contributed by atoms with Crippen molar-refractivity contribution in [2.24, 2.45) is 0 Å². The number of benzene rings is 1. The average molecular weight is 381 g/mol. The van der Waals surface area contributed by atoms with E-state index in [0.29, 0.717) is 22.9 Å². The first-order valence-electron chi connectivity index (χ1n) is 7.69. The van der Waals surface area contributed by atoms with Gasteiger partial charge in [-0.1, -0.05) is 17.7 Å². The van der Waals surface area contributed by atoms with Gasteiger partial charge in [0.05, 0.1) is 11.5 Å². The third-order valence-electron chi connectivity index (χ3n) is 4.00. The molecule has 1 aromatic heterocycles. The SMILES string of the molecule is Cc1c(Cl)cccc1NC(=O)c1cc(NC2CCS(=O)(=O)C2)ncn1. The van der Waals surface area contributed by atoms with Crippen molar-refractivity contribution in [3.63, 3.8) is 0 Å². The van der Waals surface area contributed by atoms with Crippen LogP contribution in [0.2, 0.25) is 5.02 Å². The molecule has 1 unspecified atom stereocenters. The van der Waals surface area contributed by atoms with E-state index in [4.69, 9.17) is 11.6 Å². The topological polar surface area (TPSA) is 101 Å². The van der Waals surface area contributed by atoms with Gasteiger partial charge in [-0.05, 0) is 31.0 Å². The maximum atomic E-state index is 12.4. The summed E-state index contributed by atoms with van der Waals surface area (Å²) in [6, 6.07) is 6.54. The van der Waals surface area contributed by atoms with E-state index in [2.05, 4.69) is 20.6 Å². The molecule has 7 nitrogen and oxygen atoms in total. The van der Waals surface area contributed by atoms with Crippen LogP contribution in [0.4, 0.5) is 11.5 Å². The highest BCUT2D eigenvalue weighted by molar-refractivity contribution is 7.91. The standard InChI is InChI=1S/C16H17ClN4O3S/c1-10-12(17)3-2-4-13(10)21-16(22)14-7-15(19-9-18-14)20-11-5-6-25(23,24)8-11/h2-4,7,9,11H,5-6,8H2,1H3,(H,21,22)(H,18,19,20). The number of hydrogen-bond acceptors (Lipinski definition) is 6. The normalized spacial score (nSPS) is 18.7. The molecule has 3 rings (SSSR count). The average Bonchev–Trinajstić information content (AvgIpc) is 2.90. The molecule has 2 N–H and O–H groups in total. The first-order valence-corrected chi connectivity index (χ1v) is 9.89. The van der Waals surface area contributed by atoms with Gasteiger partial charge in [-0.25, -0.2) is 18.4 Å². The van der Waals surface area contributed by atoms with Crippen LogP contribution < -0.4 is 10.6 Å². The molecule has 9 heteroatoms. The first-order chi connectivity index (χ1) is 11.8. The van der Waals surface area contributed by atoms with E-state index < -0.39 is 15.7 Å². The summed E-state index contributed by atoms with van der Waals surface area (Å²) in [6.45, 7) is 1.81. The van der Waals surface area contributed by atoms with Crippen LogP contribution in [0.5, 0.6) is 0 Å². The van der Waals surface area contributed by atoms with Gasteiger partial charge in [0.1, 0.15) is 17.8 Å². The smallest absolute Gasteiger partial charge is 0.274 e. The molecule has 1 aromatic carbocycles. The second-order valence-corrected chi connectivity index (χ2v) is 8.54. The Kier molecular flexibility index (Phi) is 4.91. The van der Waals surface area contributed by atoms with Crippen LogP contribution in [0.1, 0.15) is 22.5 Å². The van der Waals surface area contributed by atoms with Gasteiger partial charge in [-0.3, -0.25) is 4.79 Å². The molecule has 2 heterocycles. The molecule has 25 heavy (non-hydrogen) atoms. The maximum Gasteiger partial charge on any atom is 0.274 e. The number of carbonyl (C=O) groups is 1. The summed E-state index contributed by atoms with van der Waals surface area (Å²) in [4.78, 5) is 20.4. The fraction of sp³-hybridized carbons (Fsp3) is 0.312. The number of anilines is 2. The zero-order valence-electron chi connectivity index (χ0n) is 13.5. The molecule has 1 fully saturated rings. The van der Waals surface area contributed by atoms with Crippen LogP contribution in [0.3, 0.4) is 0 Å². The molecule has 0 radical (unpaired) electrons. The van der Waals surface area contributed by atoms with Crippen LogP contribution in [0.25, 0.3) is 0 Å². The Labute approximate surface area is 150 Å². The molecular formula is C16H17ClN4O3S. The quantitative estimate of drug-likeness (QED) is 0.843. The van der Waals surface area contributed by atoms with Gasteiger partial charge >= 0.3 is 0 Å². The summed E-state index contributed by atoms with van der Waals surface area (Å²) in [5.74, 6) is 0.261. The van der Waals surface area contributed by atoms with Crippen molar-refractivity contribution < 1.29 is 13.2 Å². The Morgan fingerprint density at radius 3 is 2.84 bits per heavy atom. The molecule has 1 atom stereocenters. The highest BCUT2D eigenvalue weighted by Gasteiger charge is 2.28. The number of halogens is 1. The number of carbonyl (C=O) groups excluding carboxylic acids is 1. The monoisotopic (exact) mass is 380 g/mol. The molecule has 1 aliphatic heterocycles. The molecule has 1 amide bonds. The van der Waals surface area contributed by atoms with Gasteiger partial charge in [0.2, 0.25) is 0 Å². The fourth-order valence-electron chi connectivity index (χ4n) is 2.61. The largest absolute Gasteiger partial charge is 0.366 e. The van der Waals surface area contributed by atoms with Gasteiger partial charge in [0.15, 0.2) is 9.84 Å². The van der Waals surface area contributed by atoms with Crippen LogP contribution in [0, 0.1) is 6.92 Å². The molecule has 0 spiro atoms. The van der Waals surface area contributed by atoms with Gasteiger partial charge in [-0.2, -0.15) is 0 Å². The second-order valence-electron chi connectivity index (χ2n) is 5.90. The van der Waals surface area contributed by atoms with Crippen molar-refractivity contribution in [1.29, 1.82) is 0 Å². The molecule has 0 aliphatic carbocycles. The lowest BCUT2D eigenvalue weighted by Gasteiger charge is -2.12. The summed E-state index contributed by atoms with van der Waals surface area (Å²) in [5, 5.41) is 6.37. The van der Waals surface area contributed by atoms with E-state index in [1.165, 1.54) is 12.4 Å². The molecular weight excluding hydrogens is 364 g/mol. The fourth-order valence-corrected chi connectivity index (χ4v) is 4.46. The van der Waals surface area contributed by atoms with E-state index in [0.717, 1.165) is 5.56 Å². The number of sulfone groups is 1. The van der Waals surface area contributed by atoms with Crippen LogP contribution in [-0.4, -0.2) is 41.8 Å². The summed E-state index contributed by atoms with van der Waals surface area (Å²) >= 11 is 6.05. The Bertz CT molecular complexity index is 917. The minimum absolute atomic E-state index is 0.0697. The number of amides is 1. The van der Waals surface area contributed by atoms with Crippen LogP contribution in [0.15, 0.2) is 30.6 Å². The van der Waals surface area contributed by atoms with Crippen molar-refractivity contribution in [2.45, 2.75) is 19.4 Å².